The van der Waals surface area contributed by atoms with Gasteiger partial charge in [-0.15, -0.1) is 0 Å². The second kappa shape index (κ2) is 8.22. The molecular formula is C25H29N3OS. The first-order chi connectivity index (χ1) is 14.6. The molecule has 3 aromatic rings. The van der Waals surface area contributed by atoms with Crippen molar-refractivity contribution < 1.29 is 0 Å². The summed E-state index contributed by atoms with van der Waals surface area (Å²) in [5.74, 6) is 0. The van der Waals surface area contributed by atoms with Crippen LogP contribution < -0.4 is 5.56 Å². The minimum atomic E-state index is -0.0215. The van der Waals surface area contributed by atoms with Crippen molar-refractivity contribution >= 4 is 22.7 Å². The SMILES string of the molecule is Cc1cccc2c(=O)[nH]c(-c3ccc(SN(C4CC4)C4CCN(C)CC4)cc3)cc12. The molecule has 0 unspecified atom stereocenters. The van der Waals surface area contributed by atoms with Gasteiger partial charge in [-0.1, -0.05) is 24.3 Å². The Morgan fingerprint density at radius 3 is 2.37 bits per heavy atom. The van der Waals surface area contributed by atoms with Crippen molar-refractivity contribution in [2.75, 3.05) is 20.1 Å². The number of H-pyrrole nitrogens is 1. The Labute approximate surface area is 182 Å². The number of nitrogens with one attached hydrogen (secondary N) is 1. The van der Waals surface area contributed by atoms with Crippen molar-refractivity contribution in [1.82, 2.24) is 14.2 Å². The van der Waals surface area contributed by atoms with E-state index in [1.807, 2.05) is 24.1 Å². The zero-order valence-electron chi connectivity index (χ0n) is 17.7. The number of piperidine rings is 1. The molecule has 30 heavy (non-hydrogen) atoms. The highest BCUT2D eigenvalue weighted by atomic mass is 32.2. The Kier molecular flexibility index (Phi) is 5.44. The van der Waals surface area contributed by atoms with E-state index in [4.69, 9.17) is 0 Å². The number of likely N-dealkylation sites (tertiary alicyclic amines) is 1. The molecule has 4 nitrogen and oxygen atoms in total. The molecule has 1 saturated carbocycles. The smallest absolute Gasteiger partial charge is 0.256 e. The van der Waals surface area contributed by atoms with Crippen LogP contribution in [0.15, 0.2) is 58.2 Å². The molecule has 1 saturated heterocycles. The van der Waals surface area contributed by atoms with E-state index in [0.717, 1.165) is 33.6 Å². The lowest BCUT2D eigenvalue weighted by Gasteiger charge is -2.36. The summed E-state index contributed by atoms with van der Waals surface area (Å²) in [5.41, 5.74) is 3.05. The van der Waals surface area contributed by atoms with E-state index in [0.29, 0.717) is 6.04 Å². The van der Waals surface area contributed by atoms with Crippen molar-refractivity contribution in [3.63, 3.8) is 0 Å². The minimum Gasteiger partial charge on any atom is -0.321 e. The molecule has 0 bridgehead atoms. The standard InChI is InChI=1S/C25H29N3OS/c1-17-4-3-5-22-23(17)16-24(26-25(22)29)18-6-10-21(11-7-18)30-28(19-8-9-19)20-12-14-27(2)15-13-20/h3-7,10-11,16,19-20H,8-9,12-15H2,1-2H3,(H,26,29). The Morgan fingerprint density at radius 2 is 1.67 bits per heavy atom. The molecule has 1 aliphatic carbocycles. The molecule has 2 heterocycles. The van der Waals surface area contributed by atoms with Crippen LogP contribution in [0.3, 0.4) is 0 Å². The van der Waals surface area contributed by atoms with Crippen LogP contribution in [0.2, 0.25) is 0 Å². The van der Waals surface area contributed by atoms with Gasteiger partial charge in [0.25, 0.3) is 5.56 Å². The van der Waals surface area contributed by atoms with Gasteiger partial charge in [-0.25, -0.2) is 4.31 Å². The highest BCUT2D eigenvalue weighted by Crippen LogP contribution is 2.40. The van der Waals surface area contributed by atoms with E-state index in [2.05, 4.69) is 64.6 Å². The summed E-state index contributed by atoms with van der Waals surface area (Å²) >= 11 is 1.92. The van der Waals surface area contributed by atoms with Gasteiger partial charge in [0.1, 0.15) is 0 Å². The molecule has 1 N–H and O–H groups in total. The van der Waals surface area contributed by atoms with Crippen LogP contribution in [0.25, 0.3) is 22.0 Å². The Bertz CT molecular complexity index is 1100. The highest BCUT2D eigenvalue weighted by molar-refractivity contribution is 7.97. The monoisotopic (exact) mass is 419 g/mol. The lowest BCUT2D eigenvalue weighted by molar-refractivity contribution is 0.187. The Balaban J connectivity index is 1.37. The number of hydrogen-bond acceptors (Lipinski definition) is 4. The third-order valence-corrected chi connectivity index (χ3v) is 7.73. The molecular weight excluding hydrogens is 390 g/mol. The number of benzene rings is 2. The second-order valence-electron chi connectivity index (χ2n) is 8.79. The summed E-state index contributed by atoms with van der Waals surface area (Å²) in [6, 6.07) is 18.1. The highest BCUT2D eigenvalue weighted by Gasteiger charge is 2.36. The number of aromatic nitrogens is 1. The van der Waals surface area contributed by atoms with E-state index in [1.165, 1.54) is 43.7 Å². The lowest BCUT2D eigenvalue weighted by Crippen LogP contribution is -2.41. The minimum absolute atomic E-state index is 0.0215. The fourth-order valence-corrected chi connectivity index (χ4v) is 5.66. The van der Waals surface area contributed by atoms with Gasteiger partial charge in [0.15, 0.2) is 0 Å². The number of nitrogens with zero attached hydrogens (tertiary/aromatic N) is 2. The van der Waals surface area contributed by atoms with Gasteiger partial charge in [0.2, 0.25) is 0 Å². The molecule has 0 amide bonds. The first kappa shape index (κ1) is 19.9. The molecule has 156 valence electrons. The first-order valence-electron chi connectivity index (χ1n) is 11.0. The number of rotatable bonds is 5. The molecule has 0 atom stereocenters. The van der Waals surface area contributed by atoms with Gasteiger partial charge < -0.3 is 9.88 Å². The molecule has 5 rings (SSSR count). The molecule has 5 heteroatoms. The quantitative estimate of drug-likeness (QED) is 0.586. The zero-order chi connectivity index (χ0) is 20.7. The van der Waals surface area contributed by atoms with E-state index in [9.17, 15) is 4.79 Å². The van der Waals surface area contributed by atoms with Crippen LogP contribution in [0, 0.1) is 6.92 Å². The third kappa shape index (κ3) is 4.07. The summed E-state index contributed by atoms with van der Waals surface area (Å²) in [6.07, 6.45) is 5.18. The number of pyridine rings is 1. The second-order valence-corrected chi connectivity index (χ2v) is 9.87. The van der Waals surface area contributed by atoms with Gasteiger partial charge in [-0.05, 0) is 105 Å². The maximum absolute atomic E-state index is 12.5. The third-order valence-electron chi connectivity index (χ3n) is 6.44. The van der Waals surface area contributed by atoms with E-state index in [1.54, 1.807) is 0 Å². The van der Waals surface area contributed by atoms with Crippen LogP contribution in [-0.2, 0) is 0 Å². The van der Waals surface area contributed by atoms with Crippen LogP contribution in [0.5, 0.6) is 0 Å². The molecule has 1 aliphatic heterocycles. The van der Waals surface area contributed by atoms with E-state index in [-0.39, 0.29) is 5.56 Å². The number of fused-ring (bicyclic) bond motifs is 1. The summed E-state index contributed by atoms with van der Waals surface area (Å²) < 4.78 is 2.67. The summed E-state index contributed by atoms with van der Waals surface area (Å²) in [4.78, 5) is 19.3. The fourth-order valence-electron chi connectivity index (χ4n) is 4.44. The first-order valence-corrected chi connectivity index (χ1v) is 11.7. The van der Waals surface area contributed by atoms with Crippen molar-refractivity contribution in [2.24, 2.45) is 0 Å². The van der Waals surface area contributed by atoms with Crippen LogP contribution in [0.4, 0.5) is 0 Å². The molecule has 2 aromatic carbocycles. The largest absolute Gasteiger partial charge is 0.321 e. The van der Waals surface area contributed by atoms with E-state index >= 15 is 0 Å². The van der Waals surface area contributed by atoms with E-state index < -0.39 is 0 Å². The fraction of sp³-hybridized carbons (Fsp3) is 0.400. The van der Waals surface area contributed by atoms with Crippen LogP contribution in [0.1, 0.15) is 31.2 Å². The molecule has 1 aromatic heterocycles. The maximum Gasteiger partial charge on any atom is 0.256 e. The van der Waals surface area contributed by atoms with Gasteiger partial charge >= 0.3 is 0 Å². The van der Waals surface area contributed by atoms with Crippen LogP contribution in [-0.4, -0.2) is 46.4 Å². The molecule has 0 radical (unpaired) electrons. The van der Waals surface area contributed by atoms with Crippen molar-refractivity contribution in [2.45, 2.75) is 49.6 Å². The zero-order valence-corrected chi connectivity index (χ0v) is 18.5. The summed E-state index contributed by atoms with van der Waals surface area (Å²) in [6.45, 7) is 4.45. The lowest BCUT2D eigenvalue weighted by atomic mass is 10.0. The van der Waals surface area contributed by atoms with Crippen LogP contribution >= 0.6 is 11.9 Å². The van der Waals surface area contributed by atoms with Crippen molar-refractivity contribution in [3.05, 3.63) is 64.4 Å². The predicted molar refractivity (Wildman–Crippen MR) is 126 cm³/mol. The van der Waals surface area contributed by atoms with Gasteiger partial charge in [-0.2, -0.15) is 0 Å². The summed E-state index contributed by atoms with van der Waals surface area (Å²) in [7, 11) is 2.22. The molecule has 0 spiro atoms. The van der Waals surface area contributed by atoms with Gasteiger partial charge in [0, 0.05) is 28.1 Å². The molecule has 2 aliphatic rings. The predicted octanol–water partition coefficient (Wildman–Crippen LogP) is 5.07. The number of aryl methyl sites for hydroxylation is 1. The number of hydrogen-bond donors (Lipinski definition) is 1. The number of aromatic amines is 1. The Hall–Kier alpha value is -2.08. The summed E-state index contributed by atoms with van der Waals surface area (Å²) in [5, 5.41) is 1.78. The normalized spacial score (nSPS) is 18.4. The molecule has 2 fully saturated rings. The van der Waals surface area contributed by atoms with Crippen molar-refractivity contribution in [1.29, 1.82) is 0 Å². The topological polar surface area (TPSA) is 39.3 Å². The average Bonchev–Trinajstić information content (AvgIpc) is 3.59. The van der Waals surface area contributed by atoms with Gasteiger partial charge in [0.05, 0.1) is 0 Å². The average molecular weight is 420 g/mol. The van der Waals surface area contributed by atoms with Gasteiger partial charge in [-0.3, -0.25) is 4.79 Å². The Morgan fingerprint density at radius 1 is 0.967 bits per heavy atom. The van der Waals surface area contributed by atoms with Crippen molar-refractivity contribution in [3.8, 4) is 11.3 Å². The maximum atomic E-state index is 12.5.